The standard InChI is InChI=1S/C23H38Br2O8/c1-19(2,3)15(26)30-11-23(12-31-16(27)20(4,5)6,13-32-17(28)21(7,8)24)14-33-18(29)22(9,10)25/h11-14H2,1-10H3. The van der Waals surface area contributed by atoms with Crippen molar-refractivity contribution in [1.29, 1.82) is 0 Å². The minimum absolute atomic E-state index is 0.299. The monoisotopic (exact) mass is 600 g/mol. The quantitative estimate of drug-likeness (QED) is 0.203. The lowest BCUT2D eigenvalue weighted by Gasteiger charge is -2.34. The summed E-state index contributed by atoms with van der Waals surface area (Å²) in [5.74, 6) is -2.17. The molecule has 0 rings (SSSR count). The van der Waals surface area contributed by atoms with Gasteiger partial charge in [-0.05, 0) is 69.2 Å². The maximum atomic E-state index is 12.4. The van der Waals surface area contributed by atoms with Gasteiger partial charge in [0.05, 0.1) is 10.8 Å². The first kappa shape index (κ1) is 31.8. The Morgan fingerprint density at radius 1 is 0.485 bits per heavy atom. The van der Waals surface area contributed by atoms with Gasteiger partial charge in [0.25, 0.3) is 0 Å². The van der Waals surface area contributed by atoms with E-state index in [0.717, 1.165) is 0 Å². The first-order valence-electron chi connectivity index (χ1n) is 10.6. The molecule has 0 N–H and O–H groups in total. The zero-order chi connectivity index (χ0) is 26.5. The van der Waals surface area contributed by atoms with Crippen LogP contribution in [0.1, 0.15) is 69.2 Å². The van der Waals surface area contributed by atoms with E-state index in [-0.39, 0.29) is 26.4 Å². The average molecular weight is 602 g/mol. The van der Waals surface area contributed by atoms with Gasteiger partial charge in [-0.3, -0.25) is 19.2 Å². The molecule has 0 aromatic rings. The van der Waals surface area contributed by atoms with Crippen molar-refractivity contribution >= 4 is 55.7 Å². The molecule has 0 spiro atoms. The molecule has 0 heterocycles. The second-order valence-electron chi connectivity index (χ2n) is 11.2. The maximum absolute atomic E-state index is 12.4. The van der Waals surface area contributed by atoms with E-state index in [2.05, 4.69) is 31.9 Å². The van der Waals surface area contributed by atoms with Crippen molar-refractivity contribution in [2.45, 2.75) is 77.9 Å². The van der Waals surface area contributed by atoms with E-state index in [9.17, 15) is 19.2 Å². The Morgan fingerprint density at radius 3 is 0.879 bits per heavy atom. The Hall–Kier alpha value is -1.16. The summed E-state index contributed by atoms with van der Waals surface area (Å²) in [6.07, 6.45) is 0. The third-order valence-corrected chi connectivity index (χ3v) is 4.88. The van der Waals surface area contributed by atoms with Crippen molar-refractivity contribution in [3.8, 4) is 0 Å². The van der Waals surface area contributed by atoms with Gasteiger partial charge in [-0.2, -0.15) is 0 Å². The van der Waals surface area contributed by atoms with Crippen LogP contribution in [0.2, 0.25) is 0 Å². The summed E-state index contributed by atoms with van der Waals surface area (Å²) in [6.45, 7) is 15.4. The number of hydrogen-bond acceptors (Lipinski definition) is 8. The summed E-state index contributed by atoms with van der Waals surface area (Å²) in [6, 6.07) is 0. The van der Waals surface area contributed by atoms with Crippen LogP contribution in [0.4, 0.5) is 0 Å². The molecule has 0 saturated carbocycles. The lowest BCUT2D eigenvalue weighted by molar-refractivity contribution is -0.177. The Kier molecular flexibility index (Phi) is 11.1. The fourth-order valence-electron chi connectivity index (χ4n) is 1.90. The van der Waals surface area contributed by atoms with Crippen LogP contribution >= 0.6 is 31.9 Å². The number of rotatable bonds is 10. The zero-order valence-corrected chi connectivity index (χ0v) is 24.5. The summed E-state index contributed by atoms with van der Waals surface area (Å²) >= 11 is 6.48. The summed E-state index contributed by atoms with van der Waals surface area (Å²) in [7, 11) is 0. The van der Waals surface area contributed by atoms with Gasteiger partial charge in [0.1, 0.15) is 40.5 Å². The number of esters is 4. The van der Waals surface area contributed by atoms with Gasteiger partial charge < -0.3 is 18.9 Å². The second kappa shape index (κ2) is 11.5. The van der Waals surface area contributed by atoms with E-state index in [1.165, 1.54) is 0 Å². The van der Waals surface area contributed by atoms with Crippen molar-refractivity contribution in [2.75, 3.05) is 26.4 Å². The molecular formula is C23H38Br2O8. The van der Waals surface area contributed by atoms with Gasteiger partial charge in [-0.15, -0.1) is 0 Å². The summed E-state index contributed by atoms with van der Waals surface area (Å²) in [5, 5.41) is 0. The molecule has 0 bridgehead atoms. The van der Waals surface area contributed by atoms with Gasteiger partial charge in [0, 0.05) is 0 Å². The second-order valence-corrected chi connectivity index (χ2v) is 15.2. The van der Waals surface area contributed by atoms with Gasteiger partial charge >= 0.3 is 23.9 Å². The first-order valence-corrected chi connectivity index (χ1v) is 12.2. The van der Waals surface area contributed by atoms with Gasteiger partial charge in [-0.1, -0.05) is 31.9 Å². The molecule has 192 valence electrons. The van der Waals surface area contributed by atoms with Crippen molar-refractivity contribution in [3.05, 3.63) is 0 Å². The minimum Gasteiger partial charge on any atom is -0.464 e. The van der Waals surface area contributed by atoms with Crippen molar-refractivity contribution in [3.63, 3.8) is 0 Å². The number of carbonyl (C=O) groups is 4. The predicted molar refractivity (Wildman–Crippen MR) is 131 cm³/mol. The number of hydrogen-bond donors (Lipinski definition) is 0. The molecule has 33 heavy (non-hydrogen) atoms. The first-order chi connectivity index (χ1) is 14.5. The highest BCUT2D eigenvalue weighted by molar-refractivity contribution is 9.10. The lowest BCUT2D eigenvalue weighted by atomic mass is 9.90. The van der Waals surface area contributed by atoms with Crippen LogP contribution in [0.3, 0.4) is 0 Å². The third-order valence-electron chi connectivity index (χ3n) is 4.23. The van der Waals surface area contributed by atoms with Gasteiger partial charge in [0.15, 0.2) is 0 Å². The normalized spacial score (nSPS) is 13.2. The van der Waals surface area contributed by atoms with Gasteiger partial charge in [0.2, 0.25) is 0 Å². The molecule has 0 amide bonds. The summed E-state index contributed by atoms with van der Waals surface area (Å²) in [4.78, 5) is 49.7. The largest absolute Gasteiger partial charge is 0.464 e. The fourth-order valence-corrected chi connectivity index (χ4v) is 2.13. The van der Waals surface area contributed by atoms with E-state index in [4.69, 9.17) is 18.9 Å². The van der Waals surface area contributed by atoms with Gasteiger partial charge in [-0.25, -0.2) is 0 Å². The van der Waals surface area contributed by atoms with Crippen LogP contribution < -0.4 is 0 Å². The van der Waals surface area contributed by atoms with Crippen LogP contribution in [0.5, 0.6) is 0 Å². The average Bonchev–Trinajstić information content (AvgIpc) is 2.62. The van der Waals surface area contributed by atoms with Crippen LogP contribution in [-0.4, -0.2) is 59.0 Å². The van der Waals surface area contributed by atoms with Crippen molar-refractivity contribution in [2.24, 2.45) is 16.2 Å². The van der Waals surface area contributed by atoms with E-state index < -0.39 is 48.8 Å². The Bertz CT molecular complexity index is 593. The Balaban J connectivity index is 6.00. The SMILES string of the molecule is CC(C)(C)C(=O)OCC(COC(=O)C(C)(C)C)(COC(=O)C(C)(C)Br)COC(=O)C(C)(C)Br. The molecule has 0 radical (unpaired) electrons. The smallest absolute Gasteiger partial charge is 0.322 e. The van der Waals surface area contributed by atoms with Crippen LogP contribution in [0, 0.1) is 16.2 Å². The van der Waals surface area contributed by atoms with E-state index in [0.29, 0.717) is 0 Å². The molecular weight excluding hydrogens is 564 g/mol. The van der Waals surface area contributed by atoms with E-state index in [1.807, 2.05) is 0 Å². The van der Waals surface area contributed by atoms with Crippen molar-refractivity contribution < 1.29 is 38.1 Å². The molecule has 10 heteroatoms. The summed E-state index contributed by atoms with van der Waals surface area (Å²) < 4.78 is 19.9. The summed E-state index contributed by atoms with van der Waals surface area (Å²) in [5.41, 5.74) is -2.91. The third kappa shape index (κ3) is 11.7. The van der Waals surface area contributed by atoms with E-state index >= 15 is 0 Å². The lowest BCUT2D eigenvalue weighted by Crippen LogP contribution is -2.47. The molecule has 0 unspecified atom stereocenters. The number of alkyl halides is 2. The molecule has 0 saturated heterocycles. The van der Waals surface area contributed by atoms with Crippen LogP contribution in [0.15, 0.2) is 0 Å². The topological polar surface area (TPSA) is 105 Å². The number of ether oxygens (including phenoxy) is 4. The van der Waals surface area contributed by atoms with Crippen molar-refractivity contribution in [1.82, 2.24) is 0 Å². The molecule has 0 aromatic carbocycles. The van der Waals surface area contributed by atoms with Crippen LogP contribution in [0.25, 0.3) is 0 Å². The molecule has 0 aliphatic heterocycles. The molecule has 0 aromatic heterocycles. The zero-order valence-electron chi connectivity index (χ0n) is 21.4. The Labute approximate surface area is 214 Å². The minimum atomic E-state index is -1.32. The molecule has 0 fully saturated rings. The molecule has 0 aliphatic carbocycles. The molecule has 8 nitrogen and oxygen atoms in total. The number of halogens is 2. The predicted octanol–water partition coefficient (Wildman–Crippen LogP) is 4.58. The highest BCUT2D eigenvalue weighted by Gasteiger charge is 2.42. The fraction of sp³-hybridized carbons (Fsp3) is 0.826. The van der Waals surface area contributed by atoms with E-state index in [1.54, 1.807) is 69.2 Å². The maximum Gasteiger partial charge on any atom is 0.322 e. The Morgan fingerprint density at radius 2 is 0.697 bits per heavy atom. The highest BCUT2D eigenvalue weighted by atomic mass is 79.9. The van der Waals surface area contributed by atoms with Crippen LogP contribution in [-0.2, 0) is 38.1 Å². The highest BCUT2D eigenvalue weighted by Crippen LogP contribution is 2.28. The molecule has 0 aliphatic rings. The number of carbonyl (C=O) groups excluding carboxylic acids is 4. The molecule has 0 atom stereocenters.